The second-order valence-electron chi connectivity index (χ2n) is 6.91. The molecule has 0 saturated heterocycles. The highest BCUT2D eigenvalue weighted by Crippen LogP contribution is 2.50. The van der Waals surface area contributed by atoms with E-state index in [0.717, 1.165) is 30.8 Å². The van der Waals surface area contributed by atoms with Crippen LogP contribution in [0.25, 0.3) is 5.57 Å². The number of allylic oxidation sites excluding steroid dienone is 1. The van der Waals surface area contributed by atoms with Gasteiger partial charge in [0.05, 0.1) is 6.61 Å². The third-order valence-corrected chi connectivity index (χ3v) is 4.03. The number of carbonyl (C=O) groups excluding carboxylic acids is 1. The second kappa shape index (κ2) is 4.90. The molecule has 1 aromatic rings. The Balaban J connectivity index is 1.98. The van der Waals surface area contributed by atoms with Gasteiger partial charge in [0, 0.05) is 11.6 Å². The Labute approximate surface area is 125 Å². The zero-order valence-corrected chi connectivity index (χ0v) is 13.2. The van der Waals surface area contributed by atoms with E-state index >= 15 is 0 Å². The van der Waals surface area contributed by atoms with E-state index in [1.165, 1.54) is 16.7 Å². The number of aryl methyl sites for hydroxylation is 1. The molecule has 3 rings (SSSR count). The molecule has 0 amide bonds. The second-order valence-corrected chi connectivity index (χ2v) is 6.91. The Morgan fingerprint density at radius 3 is 2.86 bits per heavy atom. The summed E-state index contributed by atoms with van der Waals surface area (Å²) in [6.07, 6.45) is 3.61. The van der Waals surface area contributed by atoms with Gasteiger partial charge in [-0.1, -0.05) is 6.07 Å². The minimum Gasteiger partial charge on any atom is -0.493 e. The Kier molecular flexibility index (Phi) is 3.31. The van der Waals surface area contributed by atoms with Crippen LogP contribution >= 0.6 is 0 Å². The van der Waals surface area contributed by atoms with Crippen molar-refractivity contribution in [3.8, 4) is 5.75 Å². The average Bonchev–Trinajstić information content (AvgIpc) is 2.71. The molecule has 1 aliphatic heterocycles. The molecule has 0 aromatic heterocycles. The van der Waals surface area contributed by atoms with Crippen molar-refractivity contribution in [1.82, 2.24) is 0 Å². The van der Waals surface area contributed by atoms with E-state index in [-0.39, 0.29) is 5.97 Å². The van der Waals surface area contributed by atoms with E-state index in [2.05, 4.69) is 19.1 Å². The Morgan fingerprint density at radius 1 is 1.38 bits per heavy atom. The summed E-state index contributed by atoms with van der Waals surface area (Å²) < 4.78 is 11.2. The minimum atomic E-state index is -0.455. The fourth-order valence-electron chi connectivity index (χ4n) is 3.30. The molecule has 0 radical (unpaired) electrons. The summed E-state index contributed by atoms with van der Waals surface area (Å²) in [5, 5.41) is 0. The summed E-state index contributed by atoms with van der Waals surface area (Å²) in [4.78, 5) is 12.1. The number of hydrogen-bond donors (Lipinski definition) is 0. The molecule has 21 heavy (non-hydrogen) atoms. The van der Waals surface area contributed by atoms with Crippen LogP contribution in [-0.4, -0.2) is 18.2 Å². The molecule has 2 aliphatic rings. The molecular formula is C18H22O3. The van der Waals surface area contributed by atoms with Gasteiger partial charge in [-0.25, -0.2) is 4.79 Å². The number of carbonyl (C=O) groups is 1. The summed E-state index contributed by atoms with van der Waals surface area (Å²) >= 11 is 0. The maximum Gasteiger partial charge on any atom is 0.331 e. The van der Waals surface area contributed by atoms with E-state index < -0.39 is 5.60 Å². The molecular weight excluding hydrogens is 264 g/mol. The van der Waals surface area contributed by atoms with E-state index in [1.54, 1.807) is 6.08 Å². The summed E-state index contributed by atoms with van der Waals surface area (Å²) in [6.45, 7) is 8.52. The van der Waals surface area contributed by atoms with Crippen molar-refractivity contribution in [2.75, 3.05) is 6.61 Å². The van der Waals surface area contributed by atoms with Gasteiger partial charge in [0.25, 0.3) is 0 Å². The van der Waals surface area contributed by atoms with Crippen LogP contribution < -0.4 is 4.74 Å². The van der Waals surface area contributed by atoms with Gasteiger partial charge in [-0.2, -0.15) is 0 Å². The smallest absolute Gasteiger partial charge is 0.331 e. The molecule has 1 heterocycles. The number of rotatable bonds is 1. The predicted molar refractivity (Wildman–Crippen MR) is 82.5 cm³/mol. The number of esters is 1. The molecule has 0 fully saturated rings. The first kappa shape index (κ1) is 14.2. The zero-order chi connectivity index (χ0) is 15.2. The fraction of sp³-hybridized carbons (Fsp3) is 0.500. The molecule has 1 aliphatic carbocycles. The van der Waals surface area contributed by atoms with Crippen molar-refractivity contribution in [3.63, 3.8) is 0 Å². The van der Waals surface area contributed by atoms with Crippen LogP contribution in [0.2, 0.25) is 0 Å². The van der Waals surface area contributed by atoms with E-state index in [0.29, 0.717) is 5.92 Å². The van der Waals surface area contributed by atoms with Gasteiger partial charge in [0.2, 0.25) is 0 Å². The summed E-state index contributed by atoms with van der Waals surface area (Å²) in [7, 11) is 0. The lowest BCUT2D eigenvalue weighted by molar-refractivity contribution is -0.148. The lowest BCUT2D eigenvalue weighted by atomic mass is 9.94. The van der Waals surface area contributed by atoms with Crippen LogP contribution in [0.4, 0.5) is 0 Å². The first-order valence-electron chi connectivity index (χ1n) is 7.55. The van der Waals surface area contributed by atoms with Gasteiger partial charge in [0.15, 0.2) is 0 Å². The maximum absolute atomic E-state index is 12.1. The van der Waals surface area contributed by atoms with Gasteiger partial charge < -0.3 is 9.47 Å². The van der Waals surface area contributed by atoms with Crippen molar-refractivity contribution >= 4 is 11.5 Å². The molecule has 1 aromatic carbocycles. The lowest BCUT2D eigenvalue weighted by Crippen LogP contribution is -2.22. The number of benzene rings is 1. The molecule has 1 unspecified atom stereocenters. The fourth-order valence-corrected chi connectivity index (χ4v) is 3.30. The van der Waals surface area contributed by atoms with Gasteiger partial charge in [-0.05, 0) is 69.2 Å². The highest BCUT2D eigenvalue weighted by molar-refractivity contribution is 5.94. The largest absolute Gasteiger partial charge is 0.493 e. The van der Waals surface area contributed by atoms with Crippen LogP contribution in [0.3, 0.4) is 0 Å². The molecule has 0 N–H and O–H groups in total. The molecule has 112 valence electrons. The highest BCUT2D eigenvalue weighted by Gasteiger charge is 2.34. The van der Waals surface area contributed by atoms with Crippen molar-refractivity contribution in [2.45, 2.75) is 52.1 Å². The molecule has 0 spiro atoms. The van der Waals surface area contributed by atoms with Crippen molar-refractivity contribution in [3.05, 3.63) is 34.9 Å². The van der Waals surface area contributed by atoms with Gasteiger partial charge in [-0.3, -0.25) is 0 Å². The van der Waals surface area contributed by atoms with Gasteiger partial charge in [-0.15, -0.1) is 0 Å². The summed E-state index contributed by atoms with van der Waals surface area (Å²) in [6, 6.07) is 4.13. The van der Waals surface area contributed by atoms with Crippen LogP contribution in [0, 0.1) is 6.92 Å². The first-order valence-corrected chi connectivity index (χ1v) is 7.55. The van der Waals surface area contributed by atoms with Crippen LogP contribution in [0.1, 0.15) is 56.2 Å². The van der Waals surface area contributed by atoms with Gasteiger partial charge in [0.1, 0.15) is 11.4 Å². The van der Waals surface area contributed by atoms with E-state index in [4.69, 9.17) is 9.47 Å². The molecule has 3 nitrogen and oxygen atoms in total. The standard InChI is InChI=1S/C18H22O3/c1-11-5-6-14-17-12(7-8-20-14)9-13(16(11)17)10-15(19)21-18(2,3)4/h5-6,10,12H,7-9H2,1-4H3/b13-10+. The molecule has 3 heteroatoms. The molecule has 0 saturated carbocycles. The van der Waals surface area contributed by atoms with Crippen molar-refractivity contribution in [1.29, 1.82) is 0 Å². The minimum absolute atomic E-state index is 0.255. The summed E-state index contributed by atoms with van der Waals surface area (Å²) in [5.74, 6) is 1.21. The van der Waals surface area contributed by atoms with Crippen LogP contribution in [0.15, 0.2) is 18.2 Å². The van der Waals surface area contributed by atoms with Crippen molar-refractivity contribution < 1.29 is 14.3 Å². The van der Waals surface area contributed by atoms with Crippen LogP contribution in [0.5, 0.6) is 5.75 Å². The normalized spacial score (nSPS) is 21.9. The van der Waals surface area contributed by atoms with Crippen LogP contribution in [-0.2, 0) is 9.53 Å². The topological polar surface area (TPSA) is 35.5 Å². The Bertz CT molecular complexity index is 620. The average molecular weight is 286 g/mol. The third-order valence-electron chi connectivity index (χ3n) is 4.03. The Hall–Kier alpha value is -1.77. The molecule has 0 bridgehead atoms. The SMILES string of the molecule is Cc1ccc2c3c1/C(=C/C(=O)OC(C)(C)C)CC3CCO2. The lowest BCUT2D eigenvalue weighted by Gasteiger charge is -2.22. The van der Waals surface area contributed by atoms with Gasteiger partial charge >= 0.3 is 5.97 Å². The maximum atomic E-state index is 12.1. The molecule has 1 atom stereocenters. The Morgan fingerprint density at radius 2 is 2.14 bits per heavy atom. The zero-order valence-electron chi connectivity index (χ0n) is 13.2. The number of ether oxygens (including phenoxy) is 2. The van der Waals surface area contributed by atoms with E-state index in [1.807, 2.05) is 20.8 Å². The quantitative estimate of drug-likeness (QED) is 0.578. The highest BCUT2D eigenvalue weighted by atomic mass is 16.6. The number of hydrogen-bond acceptors (Lipinski definition) is 3. The third kappa shape index (κ3) is 2.69. The monoisotopic (exact) mass is 286 g/mol. The summed E-state index contributed by atoms with van der Waals surface area (Å²) in [5.41, 5.74) is 4.33. The predicted octanol–water partition coefficient (Wildman–Crippen LogP) is 3.99. The van der Waals surface area contributed by atoms with Crippen molar-refractivity contribution in [2.24, 2.45) is 0 Å². The first-order chi connectivity index (χ1) is 9.85. The van der Waals surface area contributed by atoms with E-state index in [9.17, 15) is 4.79 Å².